The maximum atomic E-state index is 10.7. The van der Waals surface area contributed by atoms with Crippen LogP contribution in [0.5, 0.6) is 0 Å². The normalized spacial score (nSPS) is 11.6. The van der Waals surface area contributed by atoms with Crippen molar-refractivity contribution in [2.24, 2.45) is 11.0 Å². The van der Waals surface area contributed by atoms with Gasteiger partial charge in [0.25, 0.3) is 0 Å². The zero-order chi connectivity index (χ0) is 10.4. The van der Waals surface area contributed by atoms with Crippen LogP contribution in [-0.4, -0.2) is 12.4 Å². The second kappa shape index (κ2) is 5.53. The lowest BCUT2D eigenvalue weighted by Gasteiger charge is -2.06. The molecule has 4 N–H and O–H groups in total. The Bertz CT molecular complexity index is 314. The lowest BCUT2D eigenvalue weighted by molar-refractivity contribution is 0.337. The minimum Gasteiger partial charge on any atom is -0.306 e. The zero-order valence-corrected chi connectivity index (χ0v) is 9.34. The fourth-order valence-electron chi connectivity index (χ4n) is 0.856. The average Bonchev–Trinajstić information content (AvgIpc) is 2.13. The maximum Gasteiger partial charge on any atom is 0.335 e. The first-order valence-corrected chi connectivity index (χ1v) is 6.82. The summed E-state index contributed by atoms with van der Waals surface area (Å²) in [5.74, 6) is 0.683. The van der Waals surface area contributed by atoms with E-state index in [0.29, 0.717) is 12.4 Å². The van der Waals surface area contributed by atoms with E-state index in [9.17, 15) is 4.57 Å². The molecule has 0 heterocycles. The van der Waals surface area contributed by atoms with Gasteiger partial charge in [0.2, 0.25) is 0 Å². The van der Waals surface area contributed by atoms with E-state index in [1.807, 2.05) is 30.3 Å². The van der Waals surface area contributed by atoms with Crippen LogP contribution in [0.15, 0.2) is 35.2 Å². The average molecular weight is 232 g/mol. The minimum absolute atomic E-state index is 0.295. The summed E-state index contributed by atoms with van der Waals surface area (Å²) >= 11 is 1.60. The highest BCUT2D eigenvalue weighted by Crippen LogP contribution is 2.27. The van der Waals surface area contributed by atoms with Gasteiger partial charge in [-0.05, 0) is 12.1 Å². The van der Waals surface area contributed by atoms with Crippen LogP contribution in [0.4, 0.5) is 0 Å². The quantitative estimate of drug-likeness (QED) is 0.460. The molecule has 1 rings (SSSR count). The number of hydrogen-bond acceptors (Lipinski definition) is 3. The van der Waals surface area contributed by atoms with Crippen molar-refractivity contribution in [3.8, 4) is 0 Å². The lowest BCUT2D eigenvalue weighted by atomic mass is 10.4. The van der Waals surface area contributed by atoms with Crippen LogP contribution in [-0.2, 0) is 9.09 Å². The minimum atomic E-state index is -3.30. The molecule has 0 aromatic heterocycles. The third kappa shape index (κ3) is 5.42. The van der Waals surface area contributed by atoms with Crippen LogP contribution in [0.2, 0.25) is 0 Å². The zero-order valence-electron chi connectivity index (χ0n) is 7.63. The molecule has 0 aliphatic rings. The van der Waals surface area contributed by atoms with Crippen molar-refractivity contribution in [2.45, 2.75) is 4.90 Å². The van der Waals surface area contributed by atoms with E-state index >= 15 is 0 Å². The SMILES string of the molecule is NP(N)(=O)OCCSc1ccccc1. The van der Waals surface area contributed by atoms with Crippen molar-refractivity contribution in [1.82, 2.24) is 0 Å². The number of rotatable bonds is 5. The predicted molar refractivity (Wildman–Crippen MR) is 59.1 cm³/mol. The summed E-state index contributed by atoms with van der Waals surface area (Å²) < 4.78 is 15.5. The maximum absolute atomic E-state index is 10.7. The van der Waals surface area contributed by atoms with Crippen LogP contribution in [0, 0.1) is 0 Å². The Hall–Kier alpha value is -0.320. The molecule has 0 amide bonds. The van der Waals surface area contributed by atoms with Gasteiger partial charge in [0.15, 0.2) is 0 Å². The van der Waals surface area contributed by atoms with Gasteiger partial charge in [-0.2, -0.15) is 0 Å². The van der Waals surface area contributed by atoms with Gasteiger partial charge in [-0.1, -0.05) is 18.2 Å². The highest BCUT2D eigenvalue weighted by atomic mass is 32.2. The Morgan fingerprint density at radius 1 is 1.29 bits per heavy atom. The molecule has 0 aliphatic carbocycles. The third-order valence-corrected chi connectivity index (χ3v) is 2.95. The van der Waals surface area contributed by atoms with Gasteiger partial charge in [0.1, 0.15) is 0 Å². The van der Waals surface area contributed by atoms with E-state index < -0.39 is 7.67 Å². The van der Waals surface area contributed by atoms with Gasteiger partial charge in [-0.3, -0.25) is 4.57 Å². The second-order valence-electron chi connectivity index (χ2n) is 2.64. The second-order valence-corrected chi connectivity index (χ2v) is 5.36. The molecular formula is C8H13N2O2PS. The van der Waals surface area contributed by atoms with Crippen LogP contribution >= 0.6 is 19.4 Å². The molecule has 0 fully saturated rings. The van der Waals surface area contributed by atoms with Crippen molar-refractivity contribution < 1.29 is 9.09 Å². The van der Waals surface area contributed by atoms with Gasteiger partial charge in [-0.15, -0.1) is 11.8 Å². The van der Waals surface area contributed by atoms with Gasteiger partial charge in [0, 0.05) is 10.6 Å². The van der Waals surface area contributed by atoms with E-state index in [0.717, 1.165) is 4.90 Å². The molecule has 0 spiro atoms. The molecule has 14 heavy (non-hydrogen) atoms. The highest BCUT2D eigenvalue weighted by molar-refractivity contribution is 7.99. The predicted octanol–water partition coefficient (Wildman–Crippen LogP) is 1.82. The molecule has 0 aliphatic heterocycles. The third-order valence-electron chi connectivity index (χ3n) is 1.39. The van der Waals surface area contributed by atoms with Crippen molar-refractivity contribution in [3.05, 3.63) is 30.3 Å². The summed E-state index contributed by atoms with van der Waals surface area (Å²) in [6, 6.07) is 9.86. The van der Waals surface area contributed by atoms with Crippen molar-refractivity contribution >= 4 is 19.4 Å². The van der Waals surface area contributed by atoms with E-state index in [1.54, 1.807) is 11.8 Å². The van der Waals surface area contributed by atoms with Gasteiger partial charge in [-0.25, -0.2) is 11.0 Å². The smallest absolute Gasteiger partial charge is 0.306 e. The Kier molecular flexibility index (Phi) is 4.65. The van der Waals surface area contributed by atoms with E-state index in [1.165, 1.54) is 0 Å². The summed E-state index contributed by atoms with van der Waals surface area (Å²) in [5, 5.41) is 0. The molecule has 1 aromatic carbocycles. The summed E-state index contributed by atoms with van der Waals surface area (Å²) in [4.78, 5) is 1.14. The Balaban J connectivity index is 2.20. The van der Waals surface area contributed by atoms with Crippen molar-refractivity contribution in [1.29, 1.82) is 0 Å². The first-order valence-electron chi connectivity index (χ1n) is 4.07. The number of nitrogens with two attached hydrogens (primary N) is 2. The van der Waals surface area contributed by atoms with Crippen LogP contribution in [0.3, 0.4) is 0 Å². The topological polar surface area (TPSA) is 78.3 Å². The summed E-state index contributed by atoms with van der Waals surface area (Å²) in [5.41, 5.74) is 10.0. The molecular weight excluding hydrogens is 219 g/mol. The fourth-order valence-corrected chi connectivity index (χ4v) is 2.11. The Morgan fingerprint density at radius 3 is 2.50 bits per heavy atom. The van der Waals surface area contributed by atoms with E-state index in [2.05, 4.69) is 0 Å². The van der Waals surface area contributed by atoms with Crippen LogP contribution < -0.4 is 11.0 Å². The Morgan fingerprint density at radius 2 is 1.93 bits per heavy atom. The number of benzene rings is 1. The van der Waals surface area contributed by atoms with Gasteiger partial charge < -0.3 is 4.52 Å². The molecule has 78 valence electrons. The molecule has 1 aromatic rings. The molecule has 0 bridgehead atoms. The molecule has 0 radical (unpaired) electrons. The molecule has 0 atom stereocenters. The molecule has 4 nitrogen and oxygen atoms in total. The van der Waals surface area contributed by atoms with Gasteiger partial charge in [0.05, 0.1) is 6.61 Å². The molecule has 0 saturated carbocycles. The number of thioether (sulfide) groups is 1. The van der Waals surface area contributed by atoms with E-state index in [-0.39, 0.29) is 0 Å². The van der Waals surface area contributed by atoms with Crippen LogP contribution in [0.25, 0.3) is 0 Å². The largest absolute Gasteiger partial charge is 0.335 e. The molecule has 0 unspecified atom stereocenters. The highest BCUT2D eigenvalue weighted by Gasteiger charge is 2.07. The molecule has 6 heteroatoms. The standard InChI is InChI=1S/C8H13N2O2PS/c9-13(10,11)12-6-7-14-8-4-2-1-3-5-8/h1-5H,6-7H2,(H4,9,10,11). The monoisotopic (exact) mass is 232 g/mol. The van der Waals surface area contributed by atoms with Crippen molar-refractivity contribution in [3.63, 3.8) is 0 Å². The summed E-state index contributed by atoms with van der Waals surface area (Å²) in [7, 11) is -3.30. The number of hydrogen-bond donors (Lipinski definition) is 2. The fraction of sp³-hybridized carbons (Fsp3) is 0.250. The molecule has 0 saturated heterocycles. The van der Waals surface area contributed by atoms with Crippen molar-refractivity contribution in [2.75, 3.05) is 12.4 Å². The summed E-state index contributed by atoms with van der Waals surface area (Å²) in [6.07, 6.45) is 0. The Labute approximate surface area is 87.6 Å². The first-order chi connectivity index (χ1) is 6.58. The summed E-state index contributed by atoms with van der Waals surface area (Å²) in [6.45, 7) is 0.295. The first kappa shape index (κ1) is 11.8. The van der Waals surface area contributed by atoms with E-state index in [4.69, 9.17) is 15.5 Å². The van der Waals surface area contributed by atoms with Crippen LogP contribution in [0.1, 0.15) is 0 Å². The van der Waals surface area contributed by atoms with Gasteiger partial charge >= 0.3 is 7.67 Å². The lowest BCUT2D eigenvalue weighted by Crippen LogP contribution is -2.09.